The standard InChI is InChI=1S/C19H21ClO/c1-4-13-11-12-16(15(6-3)14(13)5-2)19(21)17-9-7-8-10-18(17)20/h7-12H,4-6H2,1-3H3. The number of hydrogen-bond donors (Lipinski definition) is 0. The molecule has 0 unspecified atom stereocenters. The van der Waals surface area contributed by atoms with E-state index in [4.69, 9.17) is 11.6 Å². The van der Waals surface area contributed by atoms with Gasteiger partial charge in [-0.05, 0) is 48.1 Å². The molecule has 2 heteroatoms. The van der Waals surface area contributed by atoms with Gasteiger partial charge in [-0.1, -0.05) is 56.6 Å². The predicted octanol–water partition coefficient (Wildman–Crippen LogP) is 5.26. The van der Waals surface area contributed by atoms with E-state index in [1.54, 1.807) is 12.1 Å². The van der Waals surface area contributed by atoms with Gasteiger partial charge in [0.15, 0.2) is 5.78 Å². The first kappa shape index (κ1) is 15.8. The average molecular weight is 301 g/mol. The van der Waals surface area contributed by atoms with Crippen molar-refractivity contribution in [2.24, 2.45) is 0 Å². The van der Waals surface area contributed by atoms with Gasteiger partial charge in [0.1, 0.15) is 0 Å². The highest BCUT2D eigenvalue weighted by atomic mass is 35.5. The van der Waals surface area contributed by atoms with E-state index in [0.29, 0.717) is 10.6 Å². The molecule has 2 rings (SSSR count). The Kier molecular flexibility index (Phi) is 5.19. The first-order chi connectivity index (χ1) is 10.1. The van der Waals surface area contributed by atoms with Gasteiger partial charge in [-0.15, -0.1) is 0 Å². The zero-order valence-electron chi connectivity index (χ0n) is 12.9. The van der Waals surface area contributed by atoms with Crippen molar-refractivity contribution in [2.75, 3.05) is 0 Å². The number of benzene rings is 2. The maximum Gasteiger partial charge on any atom is 0.194 e. The number of rotatable bonds is 5. The van der Waals surface area contributed by atoms with E-state index in [1.165, 1.54) is 16.7 Å². The second kappa shape index (κ2) is 6.91. The van der Waals surface area contributed by atoms with E-state index in [1.807, 2.05) is 18.2 Å². The van der Waals surface area contributed by atoms with E-state index in [-0.39, 0.29) is 5.78 Å². The number of carbonyl (C=O) groups is 1. The van der Waals surface area contributed by atoms with Crippen LogP contribution in [0.1, 0.15) is 53.4 Å². The molecule has 0 radical (unpaired) electrons. The summed E-state index contributed by atoms with van der Waals surface area (Å²) < 4.78 is 0. The van der Waals surface area contributed by atoms with Crippen molar-refractivity contribution in [3.8, 4) is 0 Å². The molecular weight excluding hydrogens is 280 g/mol. The fourth-order valence-electron chi connectivity index (χ4n) is 2.92. The lowest BCUT2D eigenvalue weighted by Crippen LogP contribution is -2.10. The molecule has 0 aromatic heterocycles. The van der Waals surface area contributed by atoms with Crippen LogP contribution in [0, 0.1) is 0 Å². The van der Waals surface area contributed by atoms with Gasteiger partial charge in [-0.3, -0.25) is 4.79 Å². The van der Waals surface area contributed by atoms with Gasteiger partial charge in [-0.25, -0.2) is 0 Å². The minimum absolute atomic E-state index is 0.0230. The molecule has 0 spiro atoms. The third kappa shape index (κ3) is 3.03. The molecule has 0 aliphatic carbocycles. The van der Waals surface area contributed by atoms with Crippen LogP contribution in [0.2, 0.25) is 5.02 Å². The number of carbonyl (C=O) groups excluding carboxylic acids is 1. The van der Waals surface area contributed by atoms with Gasteiger partial charge in [0.05, 0.1) is 5.02 Å². The molecule has 21 heavy (non-hydrogen) atoms. The first-order valence-electron chi connectivity index (χ1n) is 7.56. The molecule has 0 bridgehead atoms. The van der Waals surface area contributed by atoms with E-state index in [0.717, 1.165) is 24.8 Å². The van der Waals surface area contributed by atoms with Gasteiger partial charge >= 0.3 is 0 Å². The topological polar surface area (TPSA) is 17.1 Å². The highest BCUT2D eigenvalue weighted by molar-refractivity contribution is 6.35. The Hall–Kier alpha value is -1.60. The summed E-state index contributed by atoms with van der Waals surface area (Å²) in [5.41, 5.74) is 5.20. The van der Waals surface area contributed by atoms with Gasteiger partial charge in [-0.2, -0.15) is 0 Å². The van der Waals surface area contributed by atoms with Crippen LogP contribution >= 0.6 is 11.6 Å². The van der Waals surface area contributed by atoms with Crippen molar-refractivity contribution >= 4 is 17.4 Å². The van der Waals surface area contributed by atoms with E-state index in [9.17, 15) is 4.79 Å². The van der Waals surface area contributed by atoms with E-state index in [2.05, 4.69) is 26.8 Å². The predicted molar refractivity (Wildman–Crippen MR) is 89.5 cm³/mol. The fourth-order valence-corrected chi connectivity index (χ4v) is 3.14. The van der Waals surface area contributed by atoms with Crippen molar-refractivity contribution in [3.05, 3.63) is 69.2 Å². The Morgan fingerprint density at radius 1 is 0.857 bits per heavy atom. The molecule has 0 heterocycles. The Morgan fingerprint density at radius 3 is 2.10 bits per heavy atom. The van der Waals surface area contributed by atoms with Crippen molar-refractivity contribution in [3.63, 3.8) is 0 Å². The second-order valence-electron chi connectivity index (χ2n) is 5.10. The van der Waals surface area contributed by atoms with Crippen LogP contribution in [0.25, 0.3) is 0 Å². The van der Waals surface area contributed by atoms with E-state index >= 15 is 0 Å². The van der Waals surface area contributed by atoms with Crippen LogP contribution in [0.3, 0.4) is 0 Å². The normalized spacial score (nSPS) is 10.7. The van der Waals surface area contributed by atoms with Crippen LogP contribution in [-0.4, -0.2) is 5.78 Å². The van der Waals surface area contributed by atoms with Crippen LogP contribution in [0.4, 0.5) is 0 Å². The third-order valence-electron chi connectivity index (χ3n) is 3.98. The number of hydrogen-bond acceptors (Lipinski definition) is 1. The third-order valence-corrected chi connectivity index (χ3v) is 4.31. The molecule has 0 amide bonds. The molecule has 0 aliphatic rings. The average Bonchev–Trinajstić information content (AvgIpc) is 2.52. The van der Waals surface area contributed by atoms with Crippen molar-refractivity contribution in [1.29, 1.82) is 0 Å². The summed E-state index contributed by atoms with van der Waals surface area (Å²) in [5, 5.41) is 0.516. The summed E-state index contributed by atoms with van der Waals surface area (Å²) in [6.07, 6.45) is 2.81. The first-order valence-corrected chi connectivity index (χ1v) is 7.94. The fraction of sp³-hybridized carbons (Fsp3) is 0.316. The molecule has 0 fully saturated rings. The van der Waals surface area contributed by atoms with Crippen molar-refractivity contribution in [1.82, 2.24) is 0 Å². The monoisotopic (exact) mass is 300 g/mol. The maximum absolute atomic E-state index is 12.8. The van der Waals surface area contributed by atoms with E-state index < -0.39 is 0 Å². The molecule has 0 N–H and O–H groups in total. The van der Waals surface area contributed by atoms with Gasteiger partial charge < -0.3 is 0 Å². The zero-order chi connectivity index (χ0) is 15.4. The van der Waals surface area contributed by atoms with Gasteiger partial charge in [0.25, 0.3) is 0 Å². The molecule has 2 aromatic carbocycles. The summed E-state index contributed by atoms with van der Waals surface area (Å²) in [5.74, 6) is 0.0230. The van der Waals surface area contributed by atoms with Crippen LogP contribution in [0.5, 0.6) is 0 Å². The lowest BCUT2D eigenvalue weighted by atomic mass is 9.88. The Labute approximate surface area is 132 Å². The number of halogens is 1. The summed E-state index contributed by atoms with van der Waals surface area (Å²) in [4.78, 5) is 12.8. The minimum Gasteiger partial charge on any atom is -0.289 e. The highest BCUT2D eigenvalue weighted by Crippen LogP contribution is 2.26. The summed E-state index contributed by atoms with van der Waals surface area (Å²) in [6.45, 7) is 6.41. The lowest BCUT2D eigenvalue weighted by Gasteiger charge is -2.16. The van der Waals surface area contributed by atoms with Crippen LogP contribution in [0.15, 0.2) is 36.4 Å². The largest absolute Gasteiger partial charge is 0.289 e. The molecule has 0 saturated heterocycles. The SMILES string of the molecule is CCc1ccc(C(=O)c2ccccc2Cl)c(CC)c1CC. The maximum atomic E-state index is 12.8. The molecule has 0 aliphatic heterocycles. The Balaban J connectivity index is 2.59. The summed E-state index contributed by atoms with van der Waals surface area (Å²) in [6, 6.07) is 11.3. The Bertz CT molecular complexity index is 659. The lowest BCUT2D eigenvalue weighted by molar-refractivity contribution is 0.103. The smallest absolute Gasteiger partial charge is 0.194 e. The molecule has 2 aromatic rings. The summed E-state index contributed by atoms with van der Waals surface area (Å²) >= 11 is 6.18. The molecule has 0 saturated carbocycles. The molecule has 1 nitrogen and oxygen atoms in total. The van der Waals surface area contributed by atoms with Gasteiger partial charge in [0, 0.05) is 11.1 Å². The summed E-state index contributed by atoms with van der Waals surface area (Å²) in [7, 11) is 0. The molecular formula is C19H21ClO. The highest BCUT2D eigenvalue weighted by Gasteiger charge is 2.18. The van der Waals surface area contributed by atoms with Gasteiger partial charge in [0.2, 0.25) is 0 Å². The Morgan fingerprint density at radius 2 is 1.52 bits per heavy atom. The van der Waals surface area contributed by atoms with Crippen LogP contribution < -0.4 is 0 Å². The van der Waals surface area contributed by atoms with Crippen molar-refractivity contribution in [2.45, 2.75) is 40.0 Å². The molecule has 0 atom stereocenters. The zero-order valence-corrected chi connectivity index (χ0v) is 13.6. The van der Waals surface area contributed by atoms with Crippen molar-refractivity contribution < 1.29 is 4.79 Å². The quantitative estimate of drug-likeness (QED) is 0.689. The molecule has 110 valence electrons. The second-order valence-corrected chi connectivity index (χ2v) is 5.51. The number of aryl methyl sites for hydroxylation is 1. The minimum atomic E-state index is 0.0230. The number of ketones is 1. The van der Waals surface area contributed by atoms with Crippen LogP contribution in [-0.2, 0) is 19.3 Å².